The molecule has 0 aromatic carbocycles. The number of hydrogen-bond donors (Lipinski definition) is 0. The summed E-state index contributed by atoms with van der Waals surface area (Å²) in [6, 6.07) is 11.0. The molecule has 0 saturated carbocycles. The van der Waals surface area contributed by atoms with Gasteiger partial charge in [0.2, 0.25) is 0 Å². The summed E-state index contributed by atoms with van der Waals surface area (Å²) in [5, 5.41) is 13.9. The molecule has 3 atom stereocenters. The van der Waals surface area contributed by atoms with Gasteiger partial charge in [0.15, 0.2) is 0 Å². The van der Waals surface area contributed by atoms with Gasteiger partial charge in [0.1, 0.15) is 40.6 Å². The fraction of sp³-hybridized carbons (Fsp3) is 0.308. The van der Waals surface area contributed by atoms with Crippen molar-refractivity contribution in [1.29, 1.82) is 5.26 Å². The molecule has 0 bridgehead atoms. The van der Waals surface area contributed by atoms with Crippen molar-refractivity contribution in [2.75, 3.05) is 18.0 Å². The molecular weight excluding hydrogens is 447 g/mol. The number of nitrogens with zero attached hydrogens (tertiary/aromatic N) is 6. The highest BCUT2D eigenvalue weighted by Crippen LogP contribution is 2.33. The van der Waals surface area contributed by atoms with E-state index in [0.717, 1.165) is 36.2 Å². The Hall–Kier alpha value is -4.03. The van der Waals surface area contributed by atoms with Gasteiger partial charge in [-0.1, -0.05) is 0 Å². The first-order chi connectivity index (χ1) is 16.9. The van der Waals surface area contributed by atoms with Crippen molar-refractivity contribution in [3.05, 3.63) is 72.2 Å². The lowest BCUT2D eigenvalue weighted by molar-refractivity contribution is -0.00545. The van der Waals surface area contributed by atoms with Crippen LogP contribution in [-0.2, 0) is 4.74 Å². The highest BCUT2D eigenvalue weighted by atomic mass is 19.1. The Morgan fingerprint density at radius 3 is 2.54 bits per heavy atom. The van der Waals surface area contributed by atoms with Gasteiger partial charge in [0, 0.05) is 36.6 Å². The summed E-state index contributed by atoms with van der Waals surface area (Å²) in [5.41, 5.74) is 3.26. The molecular formula is C26H25FN6O2. The molecule has 1 aliphatic heterocycles. The molecule has 0 amide bonds. The van der Waals surface area contributed by atoms with Crippen LogP contribution >= 0.6 is 0 Å². The monoisotopic (exact) mass is 472 g/mol. The predicted molar refractivity (Wildman–Crippen MR) is 129 cm³/mol. The maximum atomic E-state index is 13.3. The van der Waals surface area contributed by atoms with Crippen molar-refractivity contribution >= 4 is 11.3 Å². The second-order valence-corrected chi connectivity index (χ2v) is 8.78. The van der Waals surface area contributed by atoms with Gasteiger partial charge in [-0.2, -0.15) is 10.4 Å². The number of nitriles is 1. The Morgan fingerprint density at radius 1 is 1.09 bits per heavy atom. The van der Waals surface area contributed by atoms with Gasteiger partial charge in [0.05, 0.1) is 30.3 Å². The number of rotatable bonds is 5. The summed E-state index contributed by atoms with van der Waals surface area (Å²) >= 11 is 0. The minimum absolute atomic E-state index is 0.147. The fourth-order valence-electron chi connectivity index (χ4n) is 4.40. The second-order valence-electron chi connectivity index (χ2n) is 8.78. The summed E-state index contributed by atoms with van der Waals surface area (Å²) in [7, 11) is 0. The third kappa shape index (κ3) is 4.66. The molecule has 5 rings (SSSR count). The number of pyridine rings is 3. The smallest absolute Gasteiger partial charge is 0.148 e. The topological polar surface area (TPSA) is 88.6 Å². The van der Waals surface area contributed by atoms with Crippen LogP contribution in [0.5, 0.6) is 5.75 Å². The van der Waals surface area contributed by atoms with Crippen LogP contribution in [0.1, 0.15) is 38.1 Å². The first kappa shape index (κ1) is 22.7. The molecule has 0 radical (unpaired) electrons. The van der Waals surface area contributed by atoms with E-state index in [1.165, 1.54) is 12.3 Å². The van der Waals surface area contributed by atoms with Gasteiger partial charge >= 0.3 is 0 Å². The minimum atomic E-state index is -0.470. The molecule has 0 unspecified atom stereocenters. The SMILES string of the molecule is C[C@@H]1CN(c2ccc(-c3cc(O[C@H](C)c4ccc(F)cn4)c4c(C#N)cnn4c3)cn2)C[C@H](C)O1. The average molecular weight is 473 g/mol. The standard InChI is InChI=1S/C26H25FN6O2/c1-16-13-32(14-17(2)34-16)25-7-4-19(10-30-25)20-8-24(26-21(9-28)11-31-33(26)15-20)35-18(3)23-6-5-22(27)12-29-23/h4-8,10-12,15-18H,13-14H2,1-3H3/t16-,17+,18-/m1/s1. The zero-order valence-electron chi connectivity index (χ0n) is 19.7. The predicted octanol–water partition coefficient (Wildman–Crippen LogP) is 4.56. The van der Waals surface area contributed by atoms with Crippen LogP contribution in [0.2, 0.25) is 0 Å². The van der Waals surface area contributed by atoms with Crippen molar-refractivity contribution < 1.29 is 13.9 Å². The molecule has 1 aliphatic rings. The first-order valence-electron chi connectivity index (χ1n) is 11.5. The van der Waals surface area contributed by atoms with Gasteiger partial charge < -0.3 is 14.4 Å². The third-order valence-corrected chi connectivity index (χ3v) is 5.99. The van der Waals surface area contributed by atoms with E-state index in [0.29, 0.717) is 22.5 Å². The average Bonchev–Trinajstić information content (AvgIpc) is 3.27. The van der Waals surface area contributed by atoms with Crippen LogP contribution in [0.25, 0.3) is 16.6 Å². The number of ether oxygens (including phenoxy) is 2. The van der Waals surface area contributed by atoms with E-state index in [-0.39, 0.29) is 12.2 Å². The van der Waals surface area contributed by atoms with Crippen LogP contribution < -0.4 is 9.64 Å². The van der Waals surface area contributed by atoms with E-state index in [1.54, 1.807) is 10.6 Å². The van der Waals surface area contributed by atoms with Gasteiger partial charge in [-0.25, -0.2) is 13.9 Å². The summed E-state index contributed by atoms with van der Waals surface area (Å²) in [4.78, 5) is 11.0. The van der Waals surface area contributed by atoms with Crippen molar-refractivity contribution in [2.24, 2.45) is 0 Å². The van der Waals surface area contributed by atoms with E-state index < -0.39 is 11.9 Å². The highest BCUT2D eigenvalue weighted by molar-refractivity contribution is 5.75. The molecule has 178 valence electrons. The Labute approximate surface area is 202 Å². The molecule has 5 heterocycles. The van der Waals surface area contributed by atoms with Crippen molar-refractivity contribution in [3.63, 3.8) is 0 Å². The van der Waals surface area contributed by atoms with Gasteiger partial charge in [-0.05, 0) is 51.1 Å². The third-order valence-electron chi connectivity index (χ3n) is 5.99. The zero-order chi connectivity index (χ0) is 24.5. The minimum Gasteiger partial charge on any atom is -0.482 e. The van der Waals surface area contributed by atoms with Crippen LogP contribution in [-0.4, -0.2) is 44.9 Å². The summed E-state index contributed by atoms with van der Waals surface area (Å²) in [6.45, 7) is 7.54. The lowest BCUT2D eigenvalue weighted by Crippen LogP contribution is -2.45. The van der Waals surface area contributed by atoms with Gasteiger partial charge in [0.25, 0.3) is 0 Å². The van der Waals surface area contributed by atoms with Crippen molar-refractivity contribution in [2.45, 2.75) is 39.1 Å². The maximum absolute atomic E-state index is 13.3. The molecule has 1 saturated heterocycles. The van der Waals surface area contributed by atoms with Crippen molar-refractivity contribution in [3.8, 4) is 22.9 Å². The quantitative estimate of drug-likeness (QED) is 0.421. The zero-order valence-corrected chi connectivity index (χ0v) is 19.7. The van der Waals surface area contributed by atoms with E-state index in [2.05, 4.69) is 34.9 Å². The van der Waals surface area contributed by atoms with E-state index in [1.807, 2.05) is 37.5 Å². The number of morpholine rings is 1. The van der Waals surface area contributed by atoms with Crippen LogP contribution in [0.15, 0.2) is 55.1 Å². The van der Waals surface area contributed by atoms with Crippen LogP contribution in [0, 0.1) is 17.1 Å². The Bertz CT molecular complexity index is 1370. The lowest BCUT2D eigenvalue weighted by atomic mass is 10.1. The molecule has 4 aromatic rings. The van der Waals surface area contributed by atoms with Gasteiger partial charge in [-0.15, -0.1) is 0 Å². The van der Waals surface area contributed by atoms with Crippen LogP contribution in [0.4, 0.5) is 10.2 Å². The molecule has 9 heteroatoms. The van der Waals surface area contributed by atoms with Crippen molar-refractivity contribution in [1.82, 2.24) is 19.6 Å². The molecule has 0 spiro atoms. The van der Waals surface area contributed by atoms with E-state index >= 15 is 0 Å². The largest absolute Gasteiger partial charge is 0.482 e. The lowest BCUT2D eigenvalue weighted by Gasteiger charge is -2.36. The second kappa shape index (κ2) is 9.31. The Balaban J connectivity index is 1.48. The maximum Gasteiger partial charge on any atom is 0.148 e. The van der Waals surface area contributed by atoms with Gasteiger partial charge in [-0.3, -0.25) is 4.98 Å². The number of fused-ring (bicyclic) bond motifs is 1. The Kier molecular flexibility index (Phi) is 6.05. The van der Waals surface area contributed by atoms with E-state index in [4.69, 9.17) is 14.5 Å². The molecule has 8 nitrogen and oxygen atoms in total. The Morgan fingerprint density at radius 2 is 1.89 bits per heavy atom. The number of aromatic nitrogens is 4. The highest BCUT2D eigenvalue weighted by Gasteiger charge is 2.23. The number of anilines is 1. The molecule has 35 heavy (non-hydrogen) atoms. The number of hydrogen-bond acceptors (Lipinski definition) is 7. The molecule has 0 N–H and O–H groups in total. The molecule has 0 aliphatic carbocycles. The fourth-order valence-corrected chi connectivity index (χ4v) is 4.40. The normalized spacial score (nSPS) is 18.9. The van der Waals surface area contributed by atoms with E-state index in [9.17, 15) is 9.65 Å². The number of halogens is 1. The summed E-state index contributed by atoms with van der Waals surface area (Å²) < 4.78 is 27.0. The first-order valence-corrected chi connectivity index (χ1v) is 11.5. The molecule has 4 aromatic heterocycles. The molecule has 1 fully saturated rings. The summed E-state index contributed by atoms with van der Waals surface area (Å²) in [5.74, 6) is 0.968. The van der Waals surface area contributed by atoms with Crippen LogP contribution in [0.3, 0.4) is 0 Å². The summed E-state index contributed by atoms with van der Waals surface area (Å²) in [6.07, 6.45) is 6.16.